The third-order valence-electron chi connectivity index (χ3n) is 4.54. The van der Waals surface area contributed by atoms with Gasteiger partial charge in [0.15, 0.2) is 17.5 Å². The summed E-state index contributed by atoms with van der Waals surface area (Å²) in [6, 6.07) is 14.2. The summed E-state index contributed by atoms with van der Waals surface area (Å²) in [7, 11) is 3.40. The zero-order chi connectivity index (χ0) is 19.8. The van der Waals surface area contributed by atoms with Gasteiger partial charge >= 0.3 is 0 Å². The summed E-state index contributed by atoms with van der Waals surface area (Å²) in [5.74, 6) is 2.16. The van der Waals surface area contributed by atoms with Crippen LogP contribution < -0.4 is 20.1 Å². The van der Waals surface area contributed by atoms with Gasteiger partial charge in [-0.05, 0) is 43.5 Å². The van der Waals surface area contributed by atoms with Gasteiger partial charge in [0.2, 0.25) is 0 Å². The first-order valence-corrected chi connectivity index (χ1v) is 9.58. The molecule has 1 aromatic heterocycles. The molecule has 0 saturated heterocycles. The number of methoxy groups -OCH3 is 1. The molecule has 0 aliphatic heterocycles. The average molecular weight is 508 g/mol. The lowest BCUT2D eigenvalue weighted by Crippen LogP contribution is -2.31. The molecule has 0 saturated carbocycles. The normalized spacial score (nSPS) is 11.1. The highest BCUT2D eigenvalue weighted by molar-refractivity contribution is 14.0. The Morgan fingerprint density at radius 3 is 2.72 bits per heavy atom. The molecule has 0 spiro atoms. The second-order valence-electron chi connectivity index (χ2n) is 6.39. The summed E-state index contributed by atoms with van der Waals surface area (Å²) in [4.78, 5) is 7.63. The number of hydrogen-bond donors (Lipinski definition) is 3. The zero-order valence-corrected chi connectivity index (χ0v) is 19.4. The highest BCUT2D eigenvalue weighted by atomic mass is 127. The molecule has 6 nitrogen and oxygen atoms in total. The van der Waals surface area contributed by atoms with Crippen LogP contribution in [0.2, 0.25) is 0 Å². The van der Waals surface area contributed by atoms with Crippen LogP contribution in [-0.4, -0.2) is 38.3 Å². The summed E-state index contributed by atoms with van der Waals surface area (Å²) >= 11 is 0. The predicted molar refractivity (Wildman–Crippen MR) is 131 cm³/mol. The lowest BCUT2D eigenvalue weighted by Gasteiger charge is -2.14. The van der Waals surface area contributed by atoms with Crippen molar-refractivity contribution in [3.05, 3.63) is 54.2 Å². The van der Waals surface area contributed by atoms with E-state index in [1.54, 1.807) is 14.2 Å². The second-order valence-corrected chi connectivity index (χ2v) is 6.39. The van der Waals surface area contributed by atoms with Crippen LogP contribution in [0.4, 0.5) is 5.69 Å². The number of nitrogens with one attached hydrogen (secondary N) is 3. The van der Waals surface area contributed by atoms with Crippen molar-refractivity contribution in [3.63, 3.8) is 0 Å². The number of rotatable bonds is 8. The van der Waals surface area contributed by atoms with Gasteiger partial charge in [0, 0.05) is 42.4 Å². The Bertz CT molecular complexity index is 939. The molecule has 3 rings (SSSR count). The number of benzene rings is 2. The van der Waals surface area contributed by atoms with E-state index in [9.17, 15) is 0 Å². The van der Waals surface area contributed by atoms with Gasteiger partial charge < -0.3 is 25.1 Å². The first kappa shape index (κ1) is 22.9. The highest BCUT2D eigenvalue weighted by Crippen LogP contribution is 2.30. The number of aryl methyl sites for hydroxylation is 1. The number of guanidine groups is 1. The SMILES string of the molecule is CCOc1ccc(NC(=NC)NCCCc2c[nH]c3ccccc23)cc1OC.I. The molecular formula is C22H29IN4O2. The molecule has 0 bridgehead atoms. The van der Waals surface area contributed by atoms with E-state index in [-0.39, 0.29) is 24.0 Å². The maximum atomic E-state index is 5.56. The number of aliphatic imine (C=N–C) groups is 1. The van der Waals surface area contributed by atoms with E-state index in [2.05, 4.69) is 51.1 Å². The van der Waals surface area contributed by atoms with Crippen LogP contribution in [0.25, 0.3) is 10.9 Å². The molecule has 0 unspecified atom stereocenters. The maximum absolute atomic E-state index is 5.56. The summed E-state index contributed by atoms with van der Waals surface area (Å²) in [6.45, 7) is 3.38. The van der Waals surface area contributed by atoms with Crippen LogP contribution in [0.5, 0.6) is 11.5 Å². The average Bonchev–Trinajstić information content (AvgIpc) is 3.14. The monoisotopic (exact) mass is 508 g/mol. The molecule has 156 valence electrons. The first-order valence-electron chi connectivity index (χ1n) is 9.58. The van der Waals surface area contributed by atoms with Gasteiger partial charge in [-0.25, -0.2) is 0 Å². The third kappa shape index (κ3) is 6.03. The number of halogens is 1. The molecule has 29 heavy (non-hydrogen) atoms. The van der Waals surface area contributed by atoms with Gasteiger partial charge in [0.1, 0.15) is 0 Å². The van der Waals surface area contributed by atoms with Gasteiger partial charge in [-0.15, -0.1) is 24.0 Å². The van der Waals surface area contributed by atoms with Crippen molar-refractivity contribution < 1.29 is 9.47 Å². The molecule has 3 N–H and O–H groups in total. The first-order chi connectivity index (χ1) is 13.7. The summed E-state index contributed by atoms with van der Waals surface area (Å²) in [5.41, 5.74) is 3.43. The van der Waals surface area contributed by atoms with Crippen molar-refractivity contribution >= 4 is 46.5 Å². The predicted octanol–water partition coefficient (Wildman–Crippen LogP) is 4.81. The minimum Gasteiger partial charge on any atom is -0.493 e. The van der Waals surface area contributed by atoms with Crippen LogP contribution in [0.15, 0.2) is 53.7 Å². The topological polar surface area (TPSA) is 70.7 Å². The maximum Gasteiger partial charge on any atom is 0.195 e. The largest absolute Gasteiger partial charge is 0.493 e. The van der Waals surface area contributed by atoms with E-state index >= 15 is 0 Å². The summed E-state index contributed by atoms with van der Waals surface area (Å²) in [5, 5.41) is 7.95. The van der Waals surface area contributed by atoms with Crippen LogP contribution >= 0.6 is 24.0 Å². The Balaban J connectivity index is 0.00000300. The number of para-hydroxylation sites is 1. The van der Waals surface area contributed by atoms with E-state index in [4.69, 9.17) is 9.47 Å². The summed E-state index contributed by atoms with van der Waals surface area (Å²) in [6.07, 6.45) is 4.12. The molecule has 7 heteroatoms. The Morgan fingerprint density at radius 1 is 1.14 bits per heavy atom. The van der Waals surface area contributed by atoms with Crippen molar-refractivity contribution in [1.82, 2.24) is 10.3 Å². The van der Waals surface area contributed by atoms with Gasteiger partial charge in [0.05, 0.1) is 13.7 Å². The van der Waals surface area contributed by atoms with E-state index in [0.29, 0.717) is 12.4 Å². The zero-order valence-electron chi connectivity index (χ0n) is 17.1. The van der Waals surface area contributed by atoms with Crippen LogP contribution in [0, 0.1) is 0 Å². The fourth-order valence-electron chi connectivity index (χ4n) is 3.16. The van der Waals surface area contributed by atoms with E-state index in [1.807, 2.05) is 25.1 Å². The van der Waals surface area contributed by atoms with E-state index < -0.39 is 0 Å². The molecule has 3 aromatic rings. The summed E-state index contributed by atoms with van der Waals surface area (Å²) < 4.78 is 11.0. The highest BCUT2D eigenvalue weighted by Gasteiger charge is 2.07. The number of ether oxygens (including phenoxy) is 2. The molecule has 0 atom stereocenters. The lowest BCUT2D eigenvalue weighted by atomic mass is 10.1. The van der Waals surface area contributed by atoms with Crippen molar-refractivity contribution in [3.8, 4) is 11.5 Å². The van der Waals surface area contributed by atoms with Crippen molar-refractivity contribution in [1.29, 1.82) is 0 Å². The quantitative estimate of drug-likeness (QED) is 0.177. The number of hydrogen-bond acceptors (Lipinski definition) is 3. The van der Waals surface area contributed by atoms with Gasteiger partial charge in [-0.1, -0.05) is 18.2 Å². The minimum absolute atomic E-state index is 0. The fraction of sp³-hybridized carbons (Fsp3) is 0.318. The smallest absolute Gasteiger partial charge is 0.195 e. The van der Waals surface area contributed by atoms with Gasteiger partial charge in [-0.2, -0.15) is 0 Å². The van der Waals surface area contributed by atoms with E-state index in [0.717, 1.165) is 36.8 Å². The number of anilines is 1. The van der Waals surface area contributed by atoms with E-state index in [1.165, 1.54) is 16.5 Å². The molecule has 0 radical (unpaired) electrons. The van der Waals surface area contributed by atoms with Crippen molar-refractivity contribution in [2.45, 2.75) is 19.8 Å². The molecule has 0 aliphatic rings. The Hall–Kier alpha value is -2.42. The Labute approximate surface area is 189 Å². The minimum atomic E-state index is 0. The molecule has 1 heterocycles. The third-order valence-corrected chi connectivity index (χ3v) is 4.54. The molecule has 2 aromatic carbocycles. The van der Waals surface area contributed by atoms with Crippen LogP contribution in [0.1, 0.15) is 18.9 Å². The number of nitrogens with zero attached hydrogens (tertiary/aromatic N) is 1. The van der Waals surface area contributed by atoms with Crippen molar-refractivity contribution in [2.24, 2.45) is 4.99 Å². The van der Waals surface area contributed by atoms with Gasteiger partial charge in [0.25, 0.3) is 0 Å². The fourth-order valence-corrected chi connectivity index (χ4v) is 3.16. The number of aromatic amines is 1. The standard InChI is InChI=1S/C22H28N4O2.HI/c1-4-28-20-12-11-17(14-21(20)27-3)26-22(23-2)24-13-7-8-16-15-25-19-10-6-5-9-18(16)19;/h5-6,9-12,14-15,25H,4,7-8,13H2,1-3H3,(H2,23,24,26);1H. The molecule has 0 aliphatic carbocycles. The Kier molecular flexibility index (Phi) is 9.11. The molecule has 0 amide bonds. The van der Waals surface area contributed by atoms with Gasteiger partial charge in [-0.3, -0.25) is 4.99 Å². The number of fused-ring (bicyclic) bond motifs is 1. The lowest BCUT2D eigenvalue weighted by molar-refractivity contribution is 0.311. The second kappa shape index (κ2) is 11.5. The van der Waals surface area contributed by atoms with Crippen LogP contribution in [-0.2, 0) is 6.42 Å². The number of aromatic nitrogens is 1. The molecular weight excluding hydrogens is 479 g/mol. The Morgan fingerprint density at radius 2 is 1.97 bits per heavy atom. The van der Waals surface area contributed by atoms with Crippen molar-refractivity contribution in [2.75, 3.05) is 32.6 Å². The van der Waals surface area contributed by atoms with Crippen LogP contribution in [0.3, 0.4) is 0 Å². The number of H-pyrrole nitrogens is 1. The molecule has 0 fully saturated rings.